The van der Waals surface area contributed by atoms with E-state index in [9.17, 15) is 14.0 Å². The fraction of sp³-hybridized carbons (Fsp3) is 0.778. The summed E-state index contributed by atoms with van der Waals surface area (Å²) in [6, 6.07) is 0. The molecule has 0 aliphatic carbocycles. The molecule has 1 atom stereocenters. The van der Waals surface area contributed by atoms with E-state index >= 15 is 0 Å². The van der Waals surface area contributed by atoms with Crippen LogP contribution in [0.25, 0.3) is 0 Å². The average molecular weight is 203 g/mol. The van der Waals surface area contributed by atoms with Crippen molar-refractivity contribution in [3.8, 4) is 0 Å². The summed E-state index contributed by atoms with van der Waals surface area (Å²) >= 11 is 0. The number of hydrogen-bond donors (Lipinski definition) is 0. The molecule has 5 heteroatoms. The second-order valence-electron chi connectivity index (χ2n) is 4.29. The smallest absolute Gasteiger partial charge is 0.417 e. The van der Waals surface area contributed by atoms with E-state index in [1.165, 1.54) is 0 Å². The van der Waals surface area contributed by atoms with Crippen LogP contribution in [0, 0.1) is 0 Å². The zero-order valence-electron chi connectivity index (χ0n) is 8.54. The minimum absolute atomic E-state index is 0.187. The molecule has 0 aromatic rings. The molecule has 4 nitrogen and oxygen atoms in total. The number of nitrogens with zero attached hydrogens (tertiary/aromatic N) is 1. The fourth-order valence-electron chi connectivity index (χ4n) is 1.16. The summed E-state index contributed by atoms with van der Waals surface area (Å²) in [5, 5.41) is 0. The van der Waals surface area contributed by atoms with Gasteiger partial charge in [0.15, 0.2) is 0 Å². The third-order valence-corrected chi connectivity index (χ3v) is 1.69. The van der Waals surface area contributed by atoms with E-state index in [4.69, 9.17) is 4.74 Å². The zero-order chi connectivity index (χ0) is 10.9. The Hall–Kier alpha value is -1.13. The van der Waals surface area contributed by atoms with Crippen LogP contribution >= 0.6 is 0 Å². The first-order chi connectivity index (χ1) is 6.29. The zero-order valence-corrected chi connectivity index (χ0v) is 8.54. The first-order valence-corrected chi connectivity index (χ1v) is 4.47. The Balaban J connectivity index is 2.58. The molecular formula is C9H14FNO3. The van der Waals surface area contributed by atoms with Gasteiger partial charge in [-0.1, -0.05) is 0 Å². The van der Waals surface area contributed by atoms with E-state index in [0.29, 0.717) is 0 Å². The number of alkyl halides is 1. The summed E-state index contributed by atoms with van der Waals surface area (Å²) in [5.74, 6) is -0.508. The molecule has 1 fully saturated rings. The SMILES string of the molecule is CC(C)(C)OC(=O)N1CC(F)CC1=O. The number of imide groups is 1. The summed E-state index contributed by atoms with van der Waals surface area (Å²) in [5.41, 5.74) is -0.661. The summed E-state index contributed by atoms with van der Waals surface area (Å²) in [6.07, 6.45) is -2.24. The lowest BCUT2D eigenvalue weighted by molar-refractivity contribution is -0.127. The lowest BCUT2D eigenvalue weighted by atomic mass is 10.2. The monoisotopic (exact) mass is 203 g/mol. The van der Waals surface area contributed by atoms with Crippen LogP contribution in [0.3, 0.4) is 0 Å². The van der Waals surface area contributed by atoms with E-state index in [0.717, 1.165) is 4.90 Å². The third-order valence-electron chi connectivity index (χ3n) is 1.69. The number of hydrogen-bond acceptors (Lipinski definition) is 3. The van der Waals surface area contributed by atoms with E-state index in [1.54, 1.807) is 20.8 Å². The van der Waals surface area contributed by atoms with Gasteiger partial charge in [0.1, 0.15) is 11.8 Å². The molecule has 0 saturated carbocycles. The summed E-state index contributed by atoms with van der Waals surface area (Å²) in [4.78, 5) is 23.2. The molecule has 1 saturated heterocycles. The topological polar surface area (TPSA) is 46.6 Å². The first-order valence-electron chi connectivity index (χ1n) is 4.47. The Labute approximate surface area is 82.0 Å². The molecule has 1 rings (SSSR count). The van der Waals surface area contributed by atoms with Gasteiger partial charge >= 0.3 is 6.09 Å². The summed E-state index contributed by atoms with van der Waals surface area (Å²) < 4.78 is 17.7. The van der Waals surface area contributed by atoms with Crippen LogP contribution in [0.4, 0.5) is 9.18 Å². The van der Waals surface area contributed by atoms with Crippen LogP contribution in [0.2, 0.25) is 0 Å². The normalized spacial score (nSPS) is 22.7. The number of amides is 2. The van der Waals surface area contributed by atoms with E-state index in [1.807, 2.05) is 0 Å². The van der Waals surface area contributed by atoms with E-state index in [2.05, 4.69) is 0 Å². The van der Waals surface area contributed by atoms with Gasteiger partial charge in [-0.25, -0.2) is 14.1 Å². The highest BCUT2D eigenvalue weighted by Gasteiger charge is 2.36. The number of halogens is 1. The number of ether oxygens (including phenoxy) is 1. The predicted octanol–water partition coefficient (Wildman–Crippen LogP) is 1.49. The van der Waals surface area contributed by atoms with Gasteiger partial charge in [0.25, 0.3) is 0 Å². The van der Waals surface area contributed by atoms with Gasteiger partial charge in [-0.05, 0) is 20.8 Å². The number of carbonyl (C=O) groups is 2. The Morgan fingerprint density at radius 1 is 1.57 bits per heavy atom. The molecule has 1 heterocycles. The van der Waals surface area contributed by atoms with Gasteiger partial charge in [-0.2, -0.15) is 0 Å². The van der Waals surface area contributed by atoms with Crippen molar-refractivity contribution in [1.29, 1.82) is 0 Å². The van der Waals surface area contributed by atoms with Gasteiger partial charge in [0, 0.05) is 0 Å². The largest absolute Gasteiger partial charge is 0.443 e. The standard InChI is InChI=1S/C9H14FNO3/c1-9(2,3)14-8(13)11-5-6(10)4-7(11)12/h6H,4-5H2,1-3H3. The van der Waals surface area contributed by atoms with Crippen molar-refractivity contribution in [2.45, 2.75) is 39.0 Å². The van der Waals surface area contributed by atoms with E-state index < -0.39 is 23.8 Å². The second kappa shape index (κ2) is 3.55. The van der Waals surface area contributed by atoms with Crippen molar-refractivity contribution in [2.24, 2.45) is 0 Å². The van der Waals surface area contributed by atoms with Crippen LogP contribution in [0.1, 0.15) is 27.2 Å². The van der Waals surface area contributed by atoms with Crippen LogP contribution in [-0.2, 0) is 9.53 Å². The highest BCUT2D eigenvalue weighted by atomic mass is 19.1. The van der Waals surface area contributed by atoms with Crippen LogP contribution < -0.4 is 0 Å². The fourth-order valence-corrected chi connectivity index (χ4v) is 1.16. The average Bonchev–Trinajstić information content (AvgIpc) is 2.26. The van der Waals surface area contributed by atoms with Crippen molar-refractivity contribution in [3.63, 3.8) is 0 Å². The minimum atomic E-state index is -1.25. The highest BCUT2D eigenvalue weighted by molar-refractivity contribution is 5.94. The summed E-state index contributed by atoms with van der Waals surface area (Å²) in [6.45, 7) is 4.89. The molecule has 0 spiro atoms. The number of carbonyl (C=O) groups excluding carboxylic acids is 2. The van der Waals surface area contributed by atoms with Gasteiger partial charge in [0.2, 0.25) is 5.91 Å². The Bertz CT molecular complexity index is 259. The highest BCUT2D eigenvalue weighted by Crippen LogP contribution is 2.17. The molecule has 80 valence electrons. The van der Waals surface area contributed by atoms with Crippen molar-refractivity contribution < 1.29 is 18.7 Å². The van der Waals surface area contributed by atoms with Crippen molar-refractivity contribution >= 4 is 12.0 Å². The Morgan fingerprint density at radius 2 is 2.14 bits per heavy atom. The molecule has 0 aromatic carbocycles. The van der Waals surface area contributed by atoms with Crippen molar-refractivity contribution in [2.75, 3.05) is 6.54 Å². The third kappa shape index (κ3) is 2.68. The van der Waals surface area contributed by atoms with Crippen LogP contribution in [0.15, 0.2) is 0 Å². The lowest BCUT2D eigenvalue weighted by Crippen LogP contribution is -2.37. The van der Waals surface area contributed by atoms with Gasteiger partial charge in [-0.15, -0.1) is 0 Å². The van der Waals surface area contributed by atoms with E-state index in [-0.39, 0.29) is 13.0 Å². The molecule has 0 N–H and O–H groups in total. The van der Waals surface area contributed by atoms with Gasteiger partial charge < -0.3 is 4.74 Å². The van der Waals surface area contributed by atoms with Crippen molar-refractivity contribution in [3.05, 3.63) is 0 Å². The molecule has 1 aliphatic rings. The molecule has 1 unspecified atom stereocenters. The number of likely N-dealkylation sites (tertiary alicyclic amines) is 1. The quantitative estimate of drug-likeness (QED) is 0.599. The van der Waals surface area contributed by atoms with Gasteiger partial charge in [0.05, 0.1) is 13.0 Å². The predicted molar refractivity (Wildman–Crippen MR) is 47.5 cm³/mol. The first kappa shape index (κ1) is 10.9. The maximum atomic E-state index is 12.7. The molecule has 0 radical (unpaired) electrons. The van der Waals surface area contributed by atoms with Gasteiger partial charge in [-0.3, -0.25) is 4.79 Å². The summed E-state index contributed by atoms with van der Waals surface area (Å²) in [7, 11) is 0. The minimum Gasteiger partial charge on any atom is -0.443 e. The molecule has 14 heavy (non-hydrogen) atoms. The van der Waals surface area contributed by atoms with Crippen LogP contribution in [-0.4, -0.2) is 35.2 Å². The maximum absolute atomic E-state index is 12.7. The lowest BCUT2D eigenvalue weighted by Gasteiger charge is -2.23. The van der Waals surface area contributed by atoms with Crippen LogP contribution in [0.5, 0.6) is 0 Å². The second-order valence-corrected chi connectivity index (χ2v) is 4.29. The molecule has 2 amide bonds. The van der Waals surface area contributed by atoms with Crippen molar-refractivity contribution in [1.82, 2.24) is 4.90 Å². The molecule has 1 aliphatic heterocycles. The Kier molecular flexibility index (Phi) is 2.78. The molecule has 0 bridgehead atoms. The maximum Gasteiger partial charge on any atom is 0.417 e. The number of rotatable bonds is 0. The molecular weight excluding hydrogens is 189 g/mol. The Morgan fingerprint density at radius 3 is 2.50 bits per heavy atom. The molecule has 0 aromatic heterocycles.